The Labute approximate surface area is 196 Å². The third-order valence-electron chi connectivity index (χ3n) is 5.99. The van der Waals surface area contributed by atoms with E-state index < -0.39 is 40.8 Å². The van der Waals surface area contributed by atoms with Gasteiger partial charge in [0, 0.05) is 25.1 Å². The van der Waals surface area contributed by atoms with Crippen molar-refractivity contribution in [3.8, 4) is 5.69 Å². The second-order valence-electron chi connectivity index (χ2n) is 8.56. The van der Waals surface area contributed by atoms with Gasteiger partial charge < -0.3 is 10.2 Å². The maximum absolute atomic E-state index is 13.5. The first-order valence-corrected chi connectivity index (χ1v) is 10.8. The van der Waals surface area contributed by atoms with E-state index in [-0.39, 0.29) is 22.8 Å². The Kier molecular flexibility index (Phi) is 5.92. The summed E-state index contributed by atoms with van der Waals surface area (Å²) in [5, 5.41) is 9.93. The van der Waals surface area contributed by atoms with Crippen molar-refractivity contribution in [2.24, 2.45) is 5.92 Å². The lowest BCUT2D eigenvalue weighted by Gasteiger charge is -2.61. The number of nitrogens with one attached hydrogen (secondary N) is 3. The number of hydrogen-bond acceptors (Lipinski definition) is 5. The predicted octanol–water partition coefficient (Wildman–Crippen LogP) is 2.88. The molecule has 2 bridgehead atoms. The molecule has 1 aliphatic carbocycles. The van der Waals surface area contributed by atoms with E-state index >= 15 is 0 Å². The van der Waals surface area contributed by atoms with Gasteiger partial charge in [0.2, 0.25) is 5.91 Å². The Morgan fingerprint density at radius 3 is 2.56 bits per heavy atom. The second kappa shape index (κ2) is 8.46. The monoisotopic (exact) mass is 499 g/mol. The highest BCUT2D eigenvalue weighted by atomic mass is 35.5. The van der Waals surface area contributed by atoms with E-state index in [1.807, 2.05) is 6.92 Å². The lowest BCUT2D eigenvalue weighted by molar-refractivity contribution is -0.157. The Bertz CT molecular complexity index is 1150. The lowest BCUT2D eigenvalue weighted by Crippen LogP contribution is -2.78. The van der Waals surface area contributed by atoms with Gasteiger partial charge in [-0.1, -0.05) is 18.5 Å². The standard InChI is InChI=1S/C20H21ClF3N7O3/c1-10-5-13-8-19(7-10,17(33)28-27-11(2)32)30(13)18(34)26-12-3-4-14(20(22,23)24)15(6-12)31-25-9-16(21)29-31/h3-4,6,9-10,13H,5,7-8H2,1-2H3,(H,26,34)(H,27,32)(H,28,33). The van der Waals surface area contributed by atoms with Crippen molar-refractivity contribution in [1.82, 2.24) is 30.7 Å². The van der Waals surface area contributed by atoms with Crippen molar-refractivity contribution >= 4 is 35.1 Å². The van der Waals surface area contributed by atoms with E-state index in [1.165, 1.54) is 11.8 Å². The molecule has 2 aliphatic rings. The number of aromatic nitrogens is 3. The van der Waals surface area contributed by atoms with Gasteiger partial charge in [0.05, 0.1) is 17.4 Å². The molecular formula is C20H21ClF3N7O3. The van der Waals surface area contributed by atoms with E-state index in [1.54, 1.807) is 0 Å². The molecule has 10 nitrogen and oxygen atoms in total. The maximum atomic E-state index is 13.5. The molecule has 4 amide bonds. The third kappa shape index (κ3) is 4.27. The van der Waals surface area contributed by atoms with Crippen LogP contribution in [-0.2, 0) is 15.8 Å². The van der Waals surface area contributed by atoms with Crippen LogP contribution in [0.2, 0.25) is 5.15 Å². The van der Waals surface area contributed by atoms with Crippen molar-refractivity contribution in [1.29, 1.82) is 0 Å². The van der Waals surface area contributed by atoms with Crippen LogP contribution in [0.1, 0.15) is 38.7 Å². The molecule has 2 fully saturated rings. The van der Waals surface area contributed by atoms with Gasteiger partial charge in [-0.05, 0) is 37.0 Å². The van der Waals surface area contributed by atoms with Gasteiger partial charge in [0.15, 0.2) is 5.15 Å². The highest BCUT2D eigenvalue weighted by molar-refractivity contribution is 6.29. The van der Waals surface area contributed by atoms with E-state index in [0.717, 1.165) is 29.2 Å². The summed E-state index contributed by atoms with van der Waals surface area (Å²) in [4.78, 5) is 39.3. The number of carbonyl (C=O) groups is 3. The van der Waals surface area contributed by atoms with Crippen LogP contribution in [-0.4, -0.2) is 49.3 Å². The van der Waals surface area contributed by atoms with E-state index in [0.29, 0.717) is 19.3 Å². The number of piperidine rings is 1. The van der Waals surface area contributed by atoms with Gasteiger partial charge in [-0.3, -0.25) is 20.4 Å². The number of halogens is 4. The molecular weight excluding hydrogens is 479 g/mol. The van der Waals surface area contributed by atoms with Gasteiger partial charge in [-0.15, -0.1) is 9.90 Å². The van der Waals surface area contributed by atoms with Crippen molar-refractivity contribution in [3.63, 3.8) is 0 Å². The largest absolute Gasteiger partial charge is 0.418 e. The summed E-state index contributed by atoms with van der Waals surface area (Å²) in [5.41, 5.74) is 2.02. The fourth-order valence-electron chi connectivity index (χ4n) is 4.79. The number of benzene rings is 1. The van der Waals surface area contributed by atoms with Crippen LogP contribution in [0.3, 0.4) is 0 Å². The molecule has 3 atom stereocenters. The average molecular weight is 500 g/mol. The topological polar surface area (TPSA) is 121 Å². The number of alkyl halides is 3. The first kappa shape index (κ1) is 23.8. The number of carbonyl (C=O) groups excluding carboxylic acids is 3. The normalized spacial score (nSPS) is 23.6. The number of hydrogen-bond donors (Lipinski definition) is 3. The van der Waals surface area contributed by atoms with Crippen molar-refractivity contribution in [2.45, 2.75) is 50.9 Å². The summed E-state index contributed by atoms with van der Waals surface area (Å²) in [7, 11) is 0. The molecule has 1 saturated carbocycles. The van der Waals surface area contributed by atoms with Crippen molar-refractivity contribution in [3.05, 3.63) is 35.1 Å². The molecule has 1 aromatic carbocycles. The molecule has 34 heavy (non-hydrogen) atoms. The van der Waals surface area contributed by atoms with Crippen LogP contribution in [0.5, 0.6) is 0 Å². The van der Waals surface area contributed by atoms with Gasteiger partial charge in [0.25, 0.3) is 5.91 Å². The number of amides is 4. The molecule has 4 rings (SSSR count). The molecule has 2 heterocycles. The molecule has 1 aliphatic heterocycles. The summed E-state index contributed by atoms with van der Waals surface area (Å²) >= 11 is 5.71. The molecule has 3 unspecified atom stereocenters. The van der Waals surface area contributed by atoms with Crippen LogP contribution in [0.25, 0.3) is 5.69 Å². The van der Waals surface area contributed by atoms with Gasteiger partial charge in [-0.2, -0.15) is 18.3 Å². The van der Waals surface area contributed by atoms with Crippen LogP contribution < -0.4 is 16.2 Å². The lowest BCUT2D eigenvalue weighted by atomic mass is 9.64. The average Bonchev–Trinajstić information content (AvgIpc) is 3.16. The summed E-state index contributed by atoms with van der Waals surface area (Å²) in [5.74, 6) is -0.826. The number of nitrogens with zero attached hydrogens (tertiary/aromatic N) is 4. The van der Waals surface area contributed by atoms with E-state index in [4.69, 9.17) is 11.6 Å². The van der Waals surface area contributed by atoms with Gasteiger partial charge in [-0.25, -0.2) is 4.79 Å². The minimum Gasteiger partial charge on any atom is -0.308 e. The Morgan fingerprint density at radius 2 is 1.94 bits per heavy atom. The van der Waals surface area contributed by atoms with Crippen LogP contribution >= 0.6 is 11.6 Å². The van der Waals surface area contributed by atoms with Gasteiger partial charge >= 0.3 is 12.2 Å². The molecule has 3 N–H and O–H groups in total. The number of rotatable bonds is 3. The SMILES string of the molecule is CC(=O)NNC(=O)C12CC(C)CC(C1)N2C(=O)Nc1ccc(C(F)(F)F)c(-n2ncc(Cl)n2)c1. The molecule has 0 radical (unpaired) electrons. The minimum atomic E-state index is -4.70. The summed E-state index contributed by atoms with van der Waals surface area (Å²) in [6.07, 6.45) is -2.13. The van der Waals surface area contributed by atoms with Crippen LogP contribution in [0.15, 0.2) is 24.4 Å². The zero-order valence-electron chi connectivity index (χ0n) is 18.1. The summed E-state index contributed by atoms with van der Waals surface area (Å²) in [6, 6.07) is 2.14. The van der Waals surface area contributed by atoms with Crippen LogP contribution in [0.4, 0.5) is 23.7 Å². The smallest absolute Gasteiger partial charge is 0.308 e. The molecule has 0 spiro atoms. The highest BCUT2D eigenvalue weighted by Crippen LogP contribution is 2.50. The third-order valence-corrected chi connectivity index (χ3v) is 6.16. The molecule has 1 saturated heterocycles. The maximum Gasteiger partial charge on any atom is 0.418 e. The fourth-order valence-corrected chi connectivity index (χ4v) is 4.90. The van der Waals surface area contributed by atoms with Gasteiger partial charge in [0.1, 0.15) is 5.54 Å². The zero-order chi connectivity index (χ0) is 24.8. The Morgan fingerprint density at radius 1 is 1.21 bits per heavy atom. The quantitative estimate of drug-likeness (QED) is 0.561. The molecule has 14 heteroatoms. The van der Waals surface area contributed by atoms with E-state index in [2.05, 4.69) is 26.4 Å². The van der Waals surface area contributed by atoms with Crippen molar-refractivity contribution in [2.75, 3.05) is 5.32 Å². The summed E-state index contributed by atoms with van der Waals surface area (Å²) < 4.78 is 40.5. The van der Waals surface area contributed by atoms with E-state index in [9.17, 15) is 27.6 Å². The fraction of sp³-hybridized carbons (Fsp3) is 0.450. The van der Waals surface area contributed by atoms with Crippen molar-refractivity contribution < 1.29 is 27.6 Å². The van der Waals surface area contributed by atoms with Crippen LogP contribution in [0, 0.1) is 5.92 Å². The number of hydrazine groups is 1. The molecule has 2 aromatic rings. The number of anilines is 1. The molecule has 182 valence electrons. The zero-order valence-corrected chi connectivity index (χ0v) is 18.9. The second-order valence-corrected chi connectivity index (χ2v) is 8.94. The first-order valence-electron chi connectivity index (χ1n) is 10.4. The number of urea groups is 1. The summed E-state index contributed by atoms with van der Waals surface area (Å²) in [6.45, 7) is 3.20. The Balaban J connectivity index is 1.60. The number of fused-ring (bicyclic) bond motifs is 2. The number of likely N-dealkylation sites (tertiary alicyclic amines) is 1. The Hall–Kier alpha value is -3.35. The predicted molar refractivity (Wildman–Crippen MR) is 114 cm³/mol. The highest BCUT2D eigenvalue weighted by Gasteiger charge is 2.62. The molecule has 1 aromatic heterocycles. The minimum absolute atomic E-state index is 0.0527. The first-order chi connectivity index (χ1) is 15.9.